The van der Waals surface area contributed by atoms with Crippen LogP contribution in [0.15, 0.2) is 0 Å². The molecule has 0 aliphatic carbocycles. The van der Waals surface area contributed by atoms with Crippen LogP contribution in [0.5, 0.6) is 0 Å². The van der Waals surface area contributed by atoms with E-state index in [2.05, 4.69) is 6.92 Å². The van der Waals surface area contributed by atoms with Gasteiger partial charge in [0.15, 0.2) is 11.9 Å². The molecule has 138 valence electrons. The smallest absolute Gasteiger partial charge is 0.332 e. The molecule has 0 aliphatic heterocycles. The average molecular weight is 332 g/mol. The van der Waals surface area contributed by atoms with Crippen molar-refractivity contribution in [2.75, 3.05) is 0 Å². The quantitative estimate of drug-likeness (QED) is 0.256. The molecule has 5 nitrogen and oxygen atoms in total. The van der Waals surface area contributed by atoms with Crippen LogP contribution in [0.4, 0.5) is 0 Å². The normalized spacial score (nSPS) is 13.2. The summed E-state index contributed by atoms with van der Waals surface area (Å²) >= 11 is 0. The van der Waals surface area contributed by atoms with Crippen molar-refractivity contribution in [3.63, 3.8) is 0 Å². The summed E-state index contributed by atoms with van der Waals surface area (Å²) in [6, 6.07) is 0. The van der Waals surface area contributed by atoms with Crippen LogP contribution in [0.25, 0.3) is 0 Å². The summed E-state index contributed by atoms with van der Waals surface area (Å²) in [6.07, 6.45) is 11.1. The van der Waals surface area contributed by atoms with E-state index >= 15 is 0 Å². The van der Waals surface area contributed by atoms with E-state index in [1.54, 1.807) is 0 Å². The molecule has 0 bridgehead atoms. The van der Waals surface area contributed by atoms with Crippen molar-refractivity contribution in [1.82, 2.24) is 0 Å². The van der Waals surface area contributed by atoms with E-state index in [4.69, 9.17) is 10.2 Å². The zero-order valence-electron chi connectivity index (χ0n) is 14.7. The van der Waals surface area contributed by atoms with Gasteiger partial charge in [0.2, 0.25) is 0 Å². The van der Waals surface area contributed by atoms with E-state index in [0.29, 0.717) is 19.3 Å². The Kier molecular flexibility index (Phi) is 13.4. The van der Waals surface area contributed by atoms with E-state index < -0.39 is 17.9 Å². The number of aliphatic hydroxyl groups is 3. The molecule has 0 radical (unpaired) electrons. The molecule has 23 heavy (non-hydrogen) atoms. The SMILES string of the molecule is CCCCCC(O)(O)CCCCCCCCCCC(O)C(=O)O. The molecule has 0 aliphatic rings. The molecule has 4 N–H and O–H groups in total. The predicted molar refractivity (Wildman–Crippen MR) is 91.1 cm³/mol. The summed E-state index contributed by atoms with van der Waals surface area (Å²) in [5, 5.41) is 37.3. The van der Waals surface area contributed by atoms with Crippen molar-refractivity contribution in [2.24, 2.45) is 0 Å². The molecular weight excluding hydrogens is 296 g/mol. The summed E-state index contributed by atoms with van der Waals surface area (Å²) in [4.78, 5) is 10.4. The Balaban J connectivity index is 3.34. The van der Waals surface area contributed by atoms with Crippen molar-refractivity contribution >= 4 is 5.97 Å². The molecule has 0 rings (SSSR count). The van der Waals surface area contributed by atoms with Gasteiger partial charge in [-0.1, -0.05) is 64.7 Å². The van der Waals surface area contributed by atoms with Gasteiger partial charge in [0, 0.05) is 12.8 Å². The largest absolute Gasteiger partial charge is 0.479 e. The fourth-order valence-corrected chi connectivity index (χ4v) is 2.71. The first-order valence-corrected chi connectivity index (χ1v) is 9.24. The summed E-state index contributed by atoms with van der Waals surface area (Å²) in [6.45, 7) is 2.10. The minimum atomic E-state index is -1.49. The lowest BCUT2D eigenvalue weighted by molar-refractivity contribution is -0.172. The zero-order chi connectivity index (χ0) is 17.6. The Hall–Kier alpha value is -0.650. The Morgan fingerprint density at radius 3 is 1.74 bits per heavy atom. The topological polar surface area (TPSA) is 98.0 Å². The van der Waals surface area contributed by atoms with Crippen LogP contribution in [0.3, 0.4) is 0 Å². The molecule has 0 aromatic carbocycles. The van der Waals surface area contributed by atoms with Crippen molar-refractivity contribution in [3.8, 4) is 0 Å². The maximum absolute atomic E-state index is 10.4. The molecule has 0 spiro atoms. The number of aliphatic carboxylic acids is 1. The monoisotopic (exact) mass is 332 g/mol. The second-order valence-corrected chi connectivity index (χ2v) is 6.66. The minimum Gasteiger partial charge on any atom is -0.479 e. The van der Waals surface area contributed by atoms with Gasteiger partial charge in [-0.2, -0.15) is 0 Å². The van der Waals surface area contributed by atoms with Gasteiger partial charge >= 0.3 is 5.97 Å². The van der Waals surface area contributed by atoms with Crippen LogP contribution in [0.1, 0.15) is 96.8 Å². The maximum Gasteiger partial charge on any atom is 0.332 e. The average Bonchev–Trinajstić information content (AvgIpc) is 2.48. The third-order valence-electron chi connectivity index (χ3n) is 4.27. The predicted octanol–water partition coefficient (Wildman–Crippen LogP) is 3.59. The summed E-state index contributed by atoms with van der Waals surface area (Å²) < 4.78 is 0. The fourth-order valence-electron chi connectivity index (χ4n) is 2.71. The summed E-state index contributed by atoms with van der Waals surface area (Å²) in [7, 11) is 0. The second kappa shape index (κ2) is 13.8. The Morgan fingerprint density at radius 2 is 1.26 bits per heavy atom. The maximum atomic E-state index is 10.4. The first-order chi connectivity index (χ1) is 10.9. The molecular formula is C18H36O5. The van der Waals surface area contributed by atoms with Crippen molar-refractivity contribution in [1.29, 1.82) is 0 Å². The number of hydrogen-bond donors (Lipinski definition) is 4. The molecule has 0 saturated carbocycles. The summed E-state index contributed by atoms with van der Waals surface area (Å²) in [5.41, 5.74) is 0. The molecule has 0 fully saturated rings. The van der Waals surface area contributed by atoms with E-state index in [0.717, 1.165) is 70.6 Å². The Labute approximate surface area is 140 Å². The van der Waals surface area contributed by atoms with Crippen LogP contribution in [-0.4, -0.2) is 38.3 Å². The first kappa shape index (κ1) is 22.4. The molecule has 0 saturated heterocycles. The number of rotatable bonds is 16. The van der Waals surface area contributed by atoms with E-state index in [1.807, 2.05) is 0 Å². The van der Waals surface area contributed by atoms with Crippen LogP contribution >= 0.6 is 0 Å². The highest BCUT2D eigenvalue weighted by Crippen LogP contribution is 2.20. The number of carboxylic acids is 1. The van der Waals surface area contributed by atoms with Gasteiger partial charge in [-0.05, 0) is 19.3 Å². The zero-order valence-corrected chi connectivity index (χ0v) is 14.7. The van der Waals surface area contributed by atoms with Crippen LogP contribution in [0, 0.1) is 0 Å². The lowest BCUT2D eigenvalue weighted by Crippen LogP contribution is -2.27. The van der Waals surface area contributed by atoms with Gasteiger partial charge in [-0.15, -0.1) is 0 Å². The van der Waals surface area contributed by atoms with Crippen molar-refractivity contribution in [2.45, 2.75) is 109 Å². The van der Waals surface area contributed by atoms with Gasteiger partial charge in [-0.25, -0.2) is 4.79 Å². The van der Waals surface area contributed by atoms with Crippen molar-refractivity contribution in [3.05, 3.63) is 0 Å². The van der Waals surface area contributed by atoms with Gasteiger partial charge in [0.05, 0.1) is 0 Å². The van der Waals surface area contributed by atoms with Gasteiger partial charge in [-0.3, -0.25) is 0 Å². The van der Waals surface area contributed by atoms with Crippen molar-refractivity contribution < 1.29 is 25.2 Å². The highest BCUT2D eigenvalue weighted by atomic mass is 16.5. The lowest BCUT2D eigenvalue weighted by atomic mass is 10.00. The molecule has 0 amide bonds. The van der Waals surface area contributed by atoms with Gasteiger partial charge in [0.25, 0.3) is 0 Å². The summed E-state index contributed by atoms with van der Waals surface area (Å²) in [5.74, 6) is -2.62. The Morgan fingerprint density at radius 1 is 0.826 bits per heavy atom. The minimum absolute atomic E-state index is 0.336. The standard InChI is InChI=1S/C18H36O5/c1-2-3-11-14-18(22,23)15-12-9-7-5-4-6-8-10-13-16(19)17(20)21/h16,19,22-23H,2-15H2,1H3,(H,20,21). The van der Waals surface area contributed by atoms with Gasteiger partial charge < -0.3 is 20.4 Å². The number of aliphatic hydroxyl groups excluding tert-OH is 1. The third-order valence-corrected chi connectivity index (χ3v) is 4.27. The second-order valence-electron chi connectivity index (χ2n) is 6.66. The lowest BCUT2D eigenvalue weighted by Gasteiger charge is -2.21. The molecule has 0 aromatic rings. The number of carbonyl (C=O) groups is 1. The third kappa shape index (κ3) is 14.7. The highest BCUT2D eigenvalue weighted by Gasteiger charge is 2.21. The molecule has 5 heteroatoms. The first-order valence-electron chi connectivity index (χ1n) is 9.24. The molecule has 0 heterocycles. The number of unbranched alkanes of at least 4 members (excludes halogenated alkanes) is 9. The van der Waals surface area contributed by atoms with E-state index in [-0.39, 0.29) is 0 Å². The van der Waals surface area contributed by atoms with Crippen LogP contribution in [-0.2, 0) is 4.79 Å². The molecule has 1 atom stereocenters. The van der Waals surface area contributed by atoms with E-state index in [9.17, 15) is 15.0 Å². The molecule has 0 aromatic heterocycles. The van der Waals surface area contributed by atoms with E-state index in [1.165, 1.54) is 0 Å². The van der Waals surface area contributed by atoms with Crippen LogP contribution < -0.4 is 0 Å². The van der Waals surface area contributed by atoms with Gasteiger partial charge in [0.1, 0.15) is 0 Å². The van der Waals surface area contributed by atoms with Crippen LogP contribution in [0.2, 0.25) is 0 Å². The molecule has 1 unspecified atom stereocenters. The highest BCUT2D eigenvalue weighted by molar-refractivity contribution is 5.71. The fraction of sp³-hybridized carbons (Fsp3) is 0.944. The number of hydrogen-bond acceptors (Lipinski definition) is 4. The Bertz CT molecular complexity index is 291. The number of carboxylic acid groups (broad SMARTS) is 1.